The van der Waals surface area contributed by atoms with Gasteiger partial charge in [0.1, 0.15) is 11.6 Å². The highest BCUT2D eigenvalue weighted by atomic mass is 19.1. The minimum atomic E-state index is -0.586. The first-order valence-electron chi connectivity index (χ1n) is 6.52. The second-order valence-electron chi connectivity index (χ2n) is 4.85. The van der Waals surface area contributed by atoms with Gasteiger partial charge in [-0.3, -0.25) is 4.79 Å². The second kappa shape index (κ2) is 6.35. The molecule has 21 heavy (non-hydrogen) atoms. The van der Waals surface area contributed by atoms with E-state index in [0.717, 1.165) is 17.7 Å². The van der Waals surface area contributed by atoms with Crippen molar-refractivity contribution in [2.45, 2.75) is 13.8 Å². The number of amides is 1. The second-order valence-corrected chi connectivity index (χ2v) is 4.85. The van der Waals surface area contributed by atoms with Crippen molar-refractivity contribution >= 4 is 17.3 Å². The third-order valence-electron chi connectivity index (χ3n) is 3.02. The fourth-order valence-corrected chi connectivity index (χ4v) is 1.80. The van der Waals surface area contributed by atoms with E-state index in [1.54, 1.807) is 12.1 Å². The van der Waals surface area contributed by atoms with Crippen LogP contribution in [0.1, 0.15) is 11.1 Å². The Morgan fingerprint density at radius 1 is 1.05 bits per heavy atom. The minimum absolute atomic E-state index is 0.0304. The summed E-state index contributed by atoms with van der Waals surface area (Å²) in [5.74, 6) is -1.44. The van der Waals surface area contributed by atoms with E-state index in [1.165, 1.54) is 6.92 Å². The summed E-state index contributed by atoms with van der Waals surface area (Å²) in [5.41, 5.74) is 1.94. The van der Waals surface area contributed by atoms with E-state index in [0.29, 0.717) is 5.69 Å². The third-order valence-corrected chi connectivity index (χ3v) is 3.02. The van der Waals surface area contributed by atoms with Gasteiger partial charge in [-0.25, -0.2) is 8.78 Å². The number of carbonyl (C=O) groups excluding carboxylic acids is 1. The van der Waals surface area contributed by atoms with Gasteiger partial charge in [0.05, 0.1) is 12.2 Å². The van der Waals surface area contributed by atoms with Gasteiger partial charge in [0.15, 0.2) is 0 Å². The Bertz CT molecular complexity index is 654. The summed E-state index contributed by atoms with van der Waals surface area (Å²) in [7, 11) is 0. The van der Waals surface area contributed by atoms with E-state index in [2.05, 4.69) is 10.6 Å². The molecule has 0 saturated carbocycles. The molecule has 0 bridgehead atoms. The number of hydrogen-bond acceptors (Lipinski definition) is 2. The maximum Gasteiger partial charge on any atom is 0.243 e. The molecule has 2 aromatic carbocycles. The van der Waals surface area contributed by atoms with Crippen LogP contribution >= 0.6 is 0 Å². The number of aryl methyl sites for hydroxylation is 2. The van der Waals surface area contributed by atoms with E-state index < -0.39 is 11.6 Å². The number of halogens is 2. The predicted molar refractivity (Wildman–Crippen MR) is 79.4 cm³/mol. The highest BCUT2D eigenvalue weighted by molar-refractivity contribution is 5.93. The summed E-state index contributed by atoms with van der Waals surface area (Å²) < 4.78 is 27.0. The van der Waals surface area contributed by atoms with Crippen LogP contribution in [0.3, 0.4) is 0 Å². The summed E-state index contributed by atoms with van der Waals surface area (Å²) in [4.78, 5) is 11.7. The van der Waals surface area contributed by atoms with Gasteiger partial charge in [-0.15, -0.1) is 0 Å². The maximum absolute atomic E-state index is 13.6. The zero-order valence-corrected chi connectivity index (χ0v) is 11.8. The molecular weight excluding hydrogens is 274 g/mol. The fraction of sp³-hybridized carbons (Fsp3) is 0.188. The van der Waals surface area contributed by atoms with E-state index in [-0.39, 0.29) is 23.7 Å². The Kier molecular flexibility index (Phi) is 4.52. The van der Waals surface area contributed by atoms with Crippen molar-refractivity contribution in [3.8, 4) is 0 Å². The van der Waals surface area contributed by atoms with Gasteiger partial charge in [0.25, 0.3) is 0 Å². The molecule has 3 nitrogen and oxygen atoms in total. The van der Waals surface area contributed by atoms with Crippen molar-refractivity contribution in [1.29, 1.82) is 0 Å². The molecule has 2 aromatic rings. The molecule has 0 aliphatic heterocycles. The molecule has 0 atom stereocenters. The molecule has 0 spiro atoms. The van der Waals surface area contributed by atoms with Crippen LogP contribution < -0.4 is 10.6 Å². The Hall–Kier alpha value is -2.43. The molecule has 0 aromatic heterocycles. The lowest BCUT2D eigenvalue weighted by molar-refractivity contribution is -0.114. The van der Waals surface area contributed by atoms with Gasteiger partial charge in [0, 0.05) is 11.8 Å². The third kappa shape index (κ3) is 4.02. The van der Waals surface area contributed by atoms with Gasteiger partial charge >= 0.3 is 0 Å². The number of hydrogen-bond donors (Lipinski definition) is 2. The lowest BCUT2D eigenvalue weighted by atomic mass is 10.2. The largest absolute Gasteiger partial charge is 0.374 e. The van der Waals surface area contributed by atoms with Crippen molar-refractivity contribution in [3.05, 3.63) is 59.2 Å². The SMILES string of the molecule is Cc1ccc(NC(=O)CNc2cc(F)c(C)cc2F)cc1. The smallest absolute Gasteiger partial charge is 0.243 e. The van der Waals surface area contributed by atoms with Crippen LogP contribution in [0.5, 0.6) is 0 Å². The number of anilines is 2. The summed E-state index contributed by atoms with van der Waals surface area (Å²) in [6.07, 6.45) is 0. The molecule has 0 aliphatic carbocycles. The van der Waals surface area contributed by atoms with Gasteiger partial charge in [-0.05, 0) is 37.6 Å². The molecule has 2 rings (SSSR count). The van der Waals surface area contributed by atoms with Crippen LogP contribution in [0.15, 0.2) is 36.4 Å². The summed E-state index contributed by atoms with van der Waals surface area (Å²) in [6, 6.07) is 9.44. The van der Waals surface area contributed by atoms with Crippen LogP contribution in [0, 0.1) is 25.5 Å². The monoisotopic (exact) mass is 290 g/mol. The van der Waals surface area contributed by atoms with Crippen molar-refractivity contribution in [1.82, 2.24) is 0 Å². The standard InChI is InChI=1S/C16H16F2N2O/c1-10-3-5-12(6-4-10)20-16(21)9-19-15-8-13(17)11(2)7-14(15)18/h3-8,19H,9H2,1-2H3,(H,20,21). The highest BCUT2D eigenvalue weighted by Crippen LogP contribution is 2.18. The van der Waals surface area contributed by atoms with Crippen molar-refractivity contribution < 1.29 is 13.6 Å². The first-order valence-corrected chi connectivity index (χ1v) is 6.52. The molecule has 0 aliphatic rings. The molecule has 0 radical (unpaired) electrons. The molecule has 1 amide bonds. The van der Waals surface area contributed by atoms with E-state index in [9.17, 15) is 13.6 Å². The predicted octanol–water partition coefficient (Wildman–Crippen LogP) is 3.63. The number of nitrogens with one attached hydrogen (secondary N) is 2. The van der Waals surface area contributed by atoms with Crippen molar-refractivity contribution in [2.24, 2.45) is 0 Å². The average molecular weight is 290 g/mol. The number of carbonyl (C=O) groups is 1. The molecule has 2 N–H and O–H groups in total. The molecule has 0 saturated heterocycles. The topological polar surface area (TPSA) is 41.1 Å². The van der Waals surface area contributed by atoms with Crippen molar-refractivity contribution in [3.63, 3.8) is 0 Å². The Morgan fingerprint density at radius 3 is 2.38 bits per heavy atom. The quantitative estimate of drug-likeness (QED) is 0.902. The van der Waals surface area contributed by atoms with Crippen LogP contribution in [-0.4, -0.2) is 12.5 Å². The maximum atomic E-state index is 13.6. The lowest BCUT2D eigenvalue weighted by Gasteiger charge is -2.10. The molecule has 0 heterocycles. The summed E-state index contributed by atoms with van der Waals surface area (Å²) >= 11 is 0. The van der Waals surface area contributed by atoms with Crippen LogP contribution in [0.2, 0.25) is 0 Å². The Morgan fingerprint density at radius 2 is 1.71 bits per heavy atom. The normalized spacial score (nSPS) is 10.3. The highest BCUT2D eigenvalue weighted by Gasteiger charge is 2.09. The Balaban J connectivity index is 1.95. The van der Waals surface area contributed by atoms with Gasteiger partial charge in [0.2, 0.25) is 5.91 Å². The fourth-order valence-electron chi connectivity index (χ4n) is 1.80. The first-order chi connectivity index (χ1) is 9.95. The van der Waals surface area contributed by atoms with Crippen LogP contribution in [0.25, 0.3) is 0 Å². The van der Waals surface area contributed by atoms with Gasteiger partial charge in [-0.2, -0.15) is 0 Å². The zero-order valence-electron chi connectivity index (χ0n) is 11.8. The molecule has 0 fully saturated rings. The average Bonchev–Trinajstić information content (AvgIpc) is 2.44. The number of benzene rings is 2. The summed E-state index contributed by atoms with van der Waals surface area (Å²) in [6.45, 7) is 3.28. The van der Waals surface area contributed by atoms with Gasteiger partial charge < -0.3 is 10.6 Å². The van der Waals surface area contributed by atoms with Gasteiger partial charge in [-0.1, -0.05) is 17.7 Å². The van der Waals surface area contributed by atoms with Crippen molar-refractivity contribution in [2.75, 3.05) is 17.2 Å². The molecular formula is C16H16F2N2O. The lowest BCUT2D eigenvalue weighted by Crippen LogP contribution is -2.22. The number of rotatable bonds is 4. The van der Waals surface area contributed by atoms with E-state index >= 15 is 0 Å². The summed E-state index contributed by atoms with van der Waals surface area (Å²) in [5, 5.41) is 5.25. The van der Waals surface area contributed by atoms with Crippen LogP contribution in [-0.2, 0) is 4.79 Å². The van der Waals surface area contributed by atoms with E-state index in [4.69, 9.17) is 0 Å². The van der Waals surface area contributed by atoms with E-state index in [1.807, 2.05) is 19.1 Å². The Labute approximate surface area is 122 Å². The first kappa shape index (κ1) is 15.0. The molecule has 110 valence electrons. The zero-order chi connectivity index (χ0) is 15.4. The minimum Gasteiger partial charge on any atom is -0.374 e. The molecule has 5 heteroatoms. The van der Waals surface area contributed by atoms with Crippen LogP contribution in [0.4, 0.5) is 20.2 Å². The molecule has 0 unspecified atom stereocenters.